The van der Waals surface area contributed by atoms with Crippen LogP contribution in [0.3, 0.4) is 0 Å². The second-order valence-corrected chi connectivity index (χ2v) is 7.75. The standard InChI is InChI=1S/C20H14FNO3S/c21-16-12-10-15(11-13-16)19(14-6-2-1-3-7-14)22-20(23)17-8-4-5-9-18(17)26(22,24)25/h1-13,19H. The average molecular weight is 367 g/mol. The van der Waals surface area contributed by atoms with E-state index in [2.05, 4.69) is 0 Å². The van der Waals surface area contributed by atoms with E-state index in [9.17, 15) is 17.6 Å². The first-order chi connectivity index (χ1) is 12.5. The Bertz CT molecular complexity index is 1080. The molecule has 4 nitrogen and oxygen atoms in total. The fourth-order valence-electron chi connectivity index (χ4n) is 3.20. The van der Waals surface area contributed by atoms with Crippen LogP contribution in [0.2, 0.25) is 0 Å². The summed E-state index contributed by atoms with van der Waals surface area (Å²) in [6, 6.07) is 19.6. The molecule has 1 unspecified atom stereocenters. The topological polar surface area (TPSA) is 54.5 Å². The van der Waals surface area contributed by atoms with Gasteiger partial charge in [0.2, 0.25) is 0 Å². The van der Waals surface area contributed by atoms with Crippen LogP contribution in [0.1, 0.15) is 27.5 Å². The third kappa shape index (κ3) is 2.50. The van der Waals surface area contributed by atoms with Crippen LogP contribution in [-0.2, 0) is 10.0 Å². The number of carbonyl (C=O) groups excluding carboxylic acids is 1. The van der Waals surface area contributed by atoms with Crippen molar-refractivity contribution in [2.45, 2.75) is 10.9 Å². The Labute approximate surface area is 150 Å². The molecule has 6 heteroatoms. The Morgan fingerprint density at radius 1 is 0.769 bits per heavy atom. The highest BCUT2D eigenvalue weighted by Gasteiger charge is 2.45. The molecule has 3 aromatic rings. The van der Waals surface area contributed by atoms with Crippen molar-refractivity contribution in [1.29, 1.82) is 0 Å². The Kier molecular flexibility index (Phi) is 3.85. The molecular formula is C20H14FNO3S. The van der Waals surface area contributed by atoms with Gasteiger partial charge in [-0.2, -0.15) is 0 Å². The van der Waals surface area contributed by atoms with E-state index in [1.165, 1.54) is 36.4 Å². The van der Waals surface area contributed by atoms with E-state index in [0.717, 1.165) is 4.31 Å². The maximum atomic E-state index is 13.4. The lowest BCUT2D eigenvalue weighted by molar-refractivity contribution is 0.0846. The van der Waals surface area contributed by atoms with E-state index in [0.29, 0.717) is 11.1 Å². The van der Waals surface area contributed by atoms with Crippen LogP contribution < -0.4 is 0 Å². The highest BCUT2D eigenvalue weighted by molar-refractivity contribution is 7.90. The van der Waals surface area contributed by atoms with Gasteiger partial charge in [0.1, 0.15) is 10.7 Å². The predicted molar refractivity (Wildman–Crippen MR) is 94.5 cm³/mol. The van der Waals surface area contributed by atoms with Gasteiger partial charge in [-0.3, -0.25) is 4.79 Å². The first kappa shape index (κ1) is 16.5. The molecule has 0 saturated heterocycles. The van der Waals surface area contributed by atoms with Crippen molar-refractivity contribution >= 4 is 15.9 Å². The van der Waals surface area contributed by atoms with E-state index in [1.807, 2.05) is 0 Å². The fourth-order valence-corrected chi connectivity index (χ4v) is 4.94. The maximum Gasteiger partial charge on any atom is 0.269 e. The minimum atomic E-state index is -4.01. The van der Waals surface area contributed by atoms with Crippen molar-refractivity contribution < 1.29 is 17.6 Å². The molecule has 0 fully saturated rings. The number of sulfonamides is 1. The Morgan fingerprint density at radius 3 is 2.00 bits per heavy atom. The smallest absolute Gasteiger partial charge is 0.268 e. The Morgan fingerprint density at radius 2 is 1.35 bits per heavy atom. The minimum Gasteiger partial charge on any atom is -0.268 e. The third-order valence-electron chi connectivity index (χ3n) is 4.39. The van der Waals surface area contributed by atoms with Gasteiger partial charge in [-0.1, -0.05) is 54.6 Å². The van der Waals surface area contributed by atoms with Crippen LogP contribution in [0.4, 0.5) is 4.39 Å². The quantitative estimate of drug-likeness (QED) is 0.708. The number of nitrogens with zero attached hydrogens (tertiary/aromatic N) is 1. The number of halogens is 1. The van der Waals surface area contributed by atoms with E-state index in [4.69, 9.17) is 0 Å². The number of carbonyl (C=O) groups is 1. The number of fused-ring (bicyclic) bond motifs is 1. The van der Waals surface area contributed by atoms with Gasteiger partial charge in [-0.25, -0.2) is 17.1 Å². The van der Waals surface area contributed by atoms with Crippen molar-refractivity contribution in [3.63, 3.8) is 0 Å². The normalized spacial score (nSPS) is 16.3. The summed E-state index contributed by atoms with van der Waals surface area (Å²) in [7, 11) is -4.01. The lowest BCUT2D eigenvalue weighted by Crippen LogP contribution is -2.35. The van der Waals surface area contributed by atoms with Crippen LogP contribution in [0.25, 0.3) is 0 Å². The number of amides is 1. The van der Waals surface area contributed by atoms with Crippen molar-refractivity contribution in [3.8, 4) is 0 Å². The molecule has 0 aliphatic carbocycles. The van der Waals surface area contributed by atoms with Gasteiger partial charge in [-0.15, -0.1) is 0 Å². The molecular weight excluding hydrogens is 353 g/mol. The third-order valence-corrected chi connectivity index (χ3v) is 6.20. The zero-order valence-corrected chi connectivity index (χ0v) is 14.4. The van der Waals surface area contributed by atoms with E-state index < -0.39 is 27.8 Å². The SMILES string of the molecule is O=C1c2ccccc2S(=O)(=O)N1C(c1ccccc1)c1ccc(F)cc1. The second kappa shape index (κ2) is 6.07. The average Bonchev–Trinajstić information content (AvgIpc) is 2.86. The van der Waals surface area contributed by atoms with Crippen molar-refractivity contribution in [2.75, 3.05) is 0 Å². The van der Waals surface area contributed by atoms with Crippen LogP contribution in [-0.4, -0.2) is 18.6 Å². The summed E-state index contributed by atoms with van der Waals surface area (Å²) in [5.74, 6) is -1.02. The largest absolute Gasteiger partial charge is 0.269 e. The monoisotopic (exact) mass is 367 g/mol. The van der Waals surface area contributed by atoms with E-state index in [-0.39, 0.29) is 10.5 Å². The molecule has 3 aromatic carbocycles. The summed E-state index contributed by atoms with van der Waals surface area (Å²) in [5.41, 5.74) is 1.29. The molecule has 0 radical (unpaired) electrons. The van der Waals surface area contributed by atoms with Gasteiger partial charge in [0.15, 0.2) is 0 Å². The summed E-state index contributed by atoms with van der Waals surface area (Å²) in [4.78, 5) is 12.9. The van der Waals surface area contributed by atoms with E-state index >= 15 is 0 Å². The van der Waals surface area contributed by atoms with Crippen LogP contribution in [0.5, 0.6) is 0 Å². The highest BCUT2D eigenvalue weighted by Crippen LogP contribution is 2.40. The van der Waals surface area contributed by atoms with Crippen LogP contribution in [0, 0.1) is 5.82 Å². The van der Waals surface area contributed by atoms with Crippen molar-refractivity contribution in [2.24, 2.45) is 0 Å². The van der Waals surface area contributed by atoms with Crippen molar-refractivity contribution in [3.05, 3.63) is 101 Å². The Balaban J connectivity index is 1.93. The second-order valence-electron chi connectivity index (χ2n) is 5.97. The van der Waals surface area contributed by atoms with E-state index in [1.54, 1.807) is 42.5 Å². The van der Waals surface area contributed by atoms with Gasteiger partial charge in [-0.05, 0) is 35.4 Å². The molecule has 1 amide bonds. The zero-order chi connectivity index (χ0) is 18.3. The molecule has 1 atom stereocenters. The summed E-state index contributed by atoms with van der Waals surface area (Å²) in [6.07, 6.45) is 0. The maximum absolute atomic E-state index is 13.4. The van der Waals surface area contributed by atoms with Gasteiger partial charge in [0.25, 0.3) is 15.9 Å². The molecule has 1 aliphatic heterocycles. The van der Waals surface area contributed by atoms with Gasteiger partial charge in [0, 0.05) is 0 Å². The predicted octanol–water partition coefficient (Wildman–Crippen LogP) is 3.76. The molecule has 1 aliphatic rings. The number of hydrogen-bond acceptors (Lipinski definition) is 3. The summed E-state index contributed by atoms with van der Waals surface area (Å²) in [5, 5.41) is 0. The zero-order valence-electron chi connectivity index (χ0n) is 13.5. The van der Waals surface area contributed by atoms with Gasteiger partial charge >= 0.3 is 0 Å². The summed E-state index contributed by atoms with van der Waals surface area (Å²) >= 11 is 0. The molecule has 0 bridgehead atoms. The number of rotatable bonds is 3. The summed E-state index contributed by atoms with van der Waals surface area (Å²) < 4.78 is 40.4. The number of hydrogen-bond donors (Lipinski definition) is 0. The first-order valence-corrected chi connectivity index (χ1v) is 9.42. The van der Waals surface area contributed by atoms with Gasteiger partial charge < -0.3 is 0 Å². The molecule has 26 heavy (non-hydrogen) atoms. The molecule has 0 spiro atoms. The van der Waals surface area contributed by atoms with Crippen LogP contribution >= 0.6 is 0 Å². The fraction of sp³-hybridized carbons (Fsp3) is 0.0500. The lowest BCUT2D eigenvalue weighted by atomic mass is 9.98. The molecule has 1 heterocycles. The summed E-state index contributed by atoms with van der Waals surface area (Å²) in [6.45, 7) is 0. The van der Waals surface area contributed by atoms with Crippen molar-refractivity contribution in [1.82, 2.24) is 4.31 Å². The first-order valence-electron chi connectivity index (χ1n) is 7.98. The molecule has 4 rings (SSSR count). The molecule has 0 N–H and O–H groups in total. The van der Waals surface area contributed by atoms with Crippen LogP contribution in [0.15, 0.2) is 83.8 Å². The highest BCUT2D eigenvalue weighted by atomic mass is 32.2. The molecule has 0 saturated carbocycles. The molecule has 130 valence electrons. The number of benzene rings is 3. The Hall–Kier alpha value is -2.99. The lowest BCUT2D eigenvalue weighted by Gasteiger charge is -2.27. The van der Waals surface area contributed by atoms with Gasteiger partial charge in [0.05, 0.1) is 11.6 Å². The minimum absolute atomic E-state index is 0.00644. The molecule has 0 aromatic heterocycles.